The molecule has 1 aliphatic rings. The third kappa shape index (κ3) is 132. The molecule has 0 aromatic rings. The molecule has 0 bridgehead atoms. The summed E-state index contributed by atoms with van der Waals surface area (Å²) >= 11 is 0. The van der Waals surface area contributed by atoms with E-state index in [1.54, 1.807) is 0 Å². The summed E-state index contributed by atoms with van der Waals surface area (Å²) in [5, 5.41) is 0. The van der Waals surface area contributed by atoms with E-state index in [2.05, 4.69) is 11.9 Å². The van der Waals surface area contributed by atoms with Crippen LogP contribution in [0.4, 0.5) is 51.8 Å². The standard InChI is InChI=1S/C5H10N.3BF4.K/c1-6-4-2-3-5-6;3*2-1(3,4)5;/h1-5H2;;;;/q4*-1;+1. The first-order chi connectivity index (χ1) is 8.89. The van der Waals surface area contributed by atoms with Gasteiger partial charge in [0, 0.05) is 0 Å². The molecular formula is C5H10B3F12KN-3. The summed E-state index contributed by atoms with van der Waals surface area (Å²) in [4.78, 5) is 2.11. The molecule has 0 N–H and O–H groups in total. The Hall–Kier alpha value is 0.951. The van der Waals surface area contributed by atoms with Crippen LogP contribution in [-0.2, 0) is 0 Å². The van der Waals surface area contributed by atoms with Crippen LogP contribution in [0.2, 0.25) is 0 Å². The molecule has 132 valence electrons. The van der Waals surface area contributed by atoms with Crippen LogP contribution in [0, 0.1) is 7.05 Å². The van der Waals surface area contributed by atoms with Gasteiger partial charge in [0.05, 0.1) is 0 Å². The van der Waals surface area contributed by atoms with Crippen LogP contribution in [0.15, 0.2) is 0 Å². The Morgan fingerprint density at radius 1 is 0.545 bits per heavy atom. The predicted octanol–water partition coefficient (Wildman–Crippen LogP) is 1.78. The molecule has 22 heavy (non-hydrogen) atoms. The fourth-order valence-electron chi connectivity index (χ4n) is 0.783. The van der Waals surface area contributed by atoms with Crippen LogP contribution in [0.25, 0.3) is 0 Å². The van der Waals surface area contributed by atoms with Crippen LogP contribution < -0.4 is 51.4 Å². The van der Waals surface area contributed by atoms with Crippen molar-refractivity contribution in [3.8, 4) is 0 Å². The van der Waals surface area contributed by atoms with Crippen LogP contribution in [0.1, 0.15) is 12.8 Å². The van der Waals surface area contributed by atoms with Crippen LogP contribution in [0.3, 0.4) is 0 Å². The van der Waals surface area contributed by atoms with Gasteiger partial charge in [-0.1, -0.05) is 0 Å². The molecule has 1 heterocycles. The van der Waals surface area contributed by atoms with Crippen molar-refractivity contribution >= 4 is 21.8 Å². The minimum absolute atomic E-state index is 0. The van der Waals surface area contributed by atoms with E-state index in [0.717, 1.165) is 0 Å². The fourth-order valence-corrected chi connectivity index (χ4v) is 0.783. The van der Waals surface area contributed by atoms with Gasteiger partial charge in [-0.25, -0.2) is 0 Å². The summed E-state index contributed by atoms with van der Waals surface area (Å²) in [5.41, 5.74) is 0. The second-order valence-electron chi connectivity index (χ2n) is 3.31. The maximum Gasteiger partial charge on any atom is 1.00 e. The smallest absolute Gasteiger partial charge is 0.459 e. The van der Waals surface area contributed by atoms with Gasteiger partial charge in [-0.15, -0.1) is 0 Å². The van der Waals surface area contributed by atoms with Crippen LogP contribution >= 0.6 is 0 Å². The summed E-state index contributed by atoms with van der Waals surface area (Å²) in [6.45, 7) is 2.42. The molecule has 0 aliphatic carbocycles. The number of nitrogens with zero attached hydrogens (tertiary/aromatic N) is 1. The molecule has 0 aromatic heterocycles. The van der Waals surface area contributed by atoms with Gasteiger partial charge in [0.25, 0.3) is 0 Å². The molecule has 0 amide bonds. The zero-order valence-corrected chi connectivity index (χ0v) is 14.4. The number of rotatable bonds is 0. The van der Waals surface area contributed by atoms with E-state index in [4.69, 9.17) is 0 Å². The van der Waals surface area contributed by atoms with Gasteiger partial charge in [-0.3, -0.25) is 7.05 Å². The minimum atomic E-state index is -6.00. The van der Waals surface area contributed by atoms with E-state index in [1.807, 2.05) is 0 Å². The molecule has 1 saturated heterocycles. The molecule has 0 atom stereocenters. The summed E-state index contributed by atoms with van der Waals surface area (Å²) in [5.74, 6) is 0. The van der Waals surface area contributed by atoms with Crippen molar-refractivity contribution in [2.45, 2.75) is 12.8 Å². The first kappa shape index (κ1) is 30.8. The third-order valence-electron chi connectivity index (χ3n) is 1.20. The first-order valence-corrected chi connectivity index (χ1v) is 5.07. The fraction of sp³-hybridized carbons (Fsp3) is 0.800. The Labute approximate surface area is 161 Å². The quantitative estimate of drug-likeness (QED) is 0.350. The van der Waals surface area contributed by atoms with E-state index in [1.165, 1.54) is 25.9 Å². The van der Waals surface area contributed by atoms with Gasteiger partial charge in [0.2, 0.25) is 0 Å². The number of hydrogen-bond donors (Lipinski definition) is 0. The van der Waals surface area contributed by atoms with Gasteiger partial charge < -0.3 is 56.7 Å². The molecule has 0 saturated carbocycles. The second-order valence-corrected chi connectivity index (χ2v) is 3.31. The Bertz CT molecular complexity index is 190. The topological polar surface area (TPSA) is 3.24 Å². The van der Waals surface area contributed by atoms with Crippen molar-refractivity contribution in [1.82, 2.24) is 4.90 Å². The summed E-state index contributed by atoms with van der Waals surface area (Å²) < 4.78 is 117. The van der Waals surface area contributed by atoms with E-state index >= 15 is 0 Å². The van der Waals surface area contributed by atoms with Crippen molar-refractivity contribution in [1.29, 1.82) is 0 Å². The minimum Gasteiger partial charge on any atom is -0.459 e. The van der Waals surface area contributed by atoms with Gasteiger partial charge in [0.1, 0.15) is 0 Å². The predicted molar refractivity (Wildman–Crippen MR) is 56.7 cm³/mol. The van der Waals surface area contributed by atoms with E-state index < -0.39 is 21.8 Å². The Morgan fingerprint density at radius 2 is 0.682 bits per heavy atom. The SMILES string of the molecule is F[B-](F)(F)F.F[B-](F)(F)F.F[B-](F)(F)F.[CH2-]N1CCCC1.[K+]. The average Bonchev–Trinajstić information content (AvgIpc) is 2.44. The van der Waals surface area contributed by atoms with E-state index in [-0.39, 0.29) is 51.4 Å². The summed E-state index contributed by atoms with van der Waals surface area (Å²) in [6.07, 6.45) is 2.70. The second kappa shape index (κ2) is 14.3. The molecule has 0 aromatic carbocycles. The molecule has 17 heteroatoms. The Balaban J connectivity index is -0.0000000973. The molecular weight excluding hydrogens is 374 g/mol. The number of likely N-dealkylation sites (tertiary alicyclic amines) is 1. The first-order valence-electron chi connectivity index (χ1n) is 5.07. The third-order valence-corrected chi connectivity index (χ3v) is 1.20. The number of hydrogen-bond acceptors (Lipinski definition) is 1. The Kier molecular flexibility index (Phi) is 20.0. The van der Waals surface area contributed by atoms with Gasteiger partial charge in [-0.2, -0.15) is 0 Å². The zero-order valence-electron chi connectivity index (χ0n) is 11.3. The van der Waals surface area contributed by atoms with Crippen molar-refractivity contribution in [2.75, 3.05) is 13.1 Å². The van der Waals surface area contributed by atoms with Crippen molar-refractivity contribution < 1.29 is 103 Å². The van der Waals surface area contributed by atoms with Crippen LogP contribution in [-0.4, -0.2) is 39.8 Å². The summed E-state index contributed by atoms with van der Waals surface area (Å²) in [7, 11) is -14.2. The van der Waals surface area contributed by atoms with Gasteiger partial charge in [0.15, 0.2) is 0 Å². The van der Waals surface area contributed by atoms with Gasteiger partial charge in [-0.05, 0) is 25.9 Å². The largest absolute Gasteiger partial charge is 1.00 e. The molecule has 1 aliphatic heterocycles. The Morgan fingerprint density at radius 3 is 0.727 bits per heavy atom. The average molecular weight is 384 g/mol. The monoisotopic (exact) mass is 384 g/mol. The molecule has 0 spiro atoms. The zero-order chi connectivity index (χ0) is 17.9. The van der Waals surface area contributed by atoms with Crippen molar-refractivity contribution in [3.63, 3.8) is 0 Å². The van der Waals surface area contributed by atoms with Crippen molar-refractivity contribution in [2.24, 2.45) is 0 Å². The molecule has 0 radical (unpaired) electrons. The molecule has 1 fully saturated rings. The van der Waals surface area contributed by atoms with E-state index in [0.29, 0.717) is 0 Å². The maximum atomic E-state index is 9.75. The maximum absolute atomic E-state index is 9.75. The van der Waals surface area contributed by atoms with Crippen LogP contribution in [0.5, 0.6) is 0 Å². The molecule has 1 nitrogen and oxygen atoms in total. The van der Waals surface area contributed by atoms with E-state index in [9.17, 15) is 51.8 Å². The van der Waals surface area contributed by atoms with Crippen molar-refractivity contribution in [3.05, 3.63) is 7.05 Å². The van der Waals surface area contributed by atoms with Gasteiger partial charge >= 0.3 is 73.1 Å². The normalized spacial score (nSPS) is 15.1. The number of halogens is 12. The molecule has 0 unspecified atom stereocenters. The molecule has 1 rings (SSSR count). The summed E-state index contributed by atoms with van der Waals surface area (Å²) in [6, 6.07) is 0.